The van der Waals surface area contributed by atoms with Gasteiger partial charge in [0, 0.05) is 32.7 Å². The fraction of sp³-hybridized carbons (Fsp3) is 0.593. The number of carbonyl (C=O) groups excluding carboxylic acids is 2. The molecular formula is C27H38N2O5. The molecule has 0 saturated heterocycles. The molecule has 1 aromatic heterocycles. The summed E-state index contributed by atoms with van der Waals surface area (Å²) in [4.78, 5) is 28.6. The predicted octanol–water partition coefficient (Wildman–Crippen LogP) is 4.23. The molecule has 7 heteroatoms. The Morgan fingerprint density at radius 1 is 1.24 bits per heavy atom. The van der Waals surface area contributed by atoms with Crippen molar-refractivity contribution in [3.63, 3.8) is 0 Å². The van der Waals surface area contributed by atoms with E-state index in [4.69, 9.17) is 9.47 Å². The van der Waals surface area contributed by atoms with Crippen LogP contribution in [0.1, 0.15) is 59.1 Å². The summed E-state index contributed by atoms with van der Waals surface area (Å²) >= 11 is 0. The molecule has 1 N–H and O–H groups in total. The van der Waals surface area contributed by atoms with Crippen LogP contribution in [-0.4, -0.2) is 44.9 Å². The van der Waals surface area contributed by atoms with Gasteiger partial charge in [0.2, 0.25) is 0 Å². The number of imidazole rings is 1. The molecule has 0 spiro atoms. The van der Waals surface area contributed by atoms with Gasteiger partial charge in [-0.2, -0.15) is 0 Å². The van der Waals surface area contributed by atoms with E-state index < -0.39 is 18.2 Å². The van der Waals surface area contributed by atoms with Crippen molar-refractivity contribution in [1.29, 1.82) is 0 Å². The van der Waals surface area contributed by atoms with Crippen molar-refractivity contribution in [2.24, 2.45) is 30.7 Å². The zero-order valence-electron chi connectivity index (χ0n) is 20.9. The smallest absolute Gasteiger partial charge is 0.331 e. The van der Waals surface area contributed by atoms with Crippen molar-refractivity contribution in [3.05, 3.63) is 48.1 Å². The van der Waals surface area contributed by atoms with Crippen LogP contribution in [-0.2, 0) is 26.1 Å². The Bertz CT molecular complexity index is 945. The zero-order chi connectivity index (χ0) is 24.8. The van der Waals surface area contributed by atoms with E-state index in [1.54, 1.807) is 18.5 Å². The standard InChI is InChI=1S/C27H38N2O5/c1-17(2)22-11-9-18(3)23-13-21(34-27(32)12-10-20-15-29(5)16-28-20)7-6-8-25(31)26(14-24(22)23)33-19(4)30/h6,8-10,12,15-17,21-26,31H,7,11,13-14H2,1-5H3/b8-6-,12-10+/t21-,22-,23+,24-,25-,26+/m1/s1. The van der Waals surface area contributed by atoms with Crippen LogP contribution in [0.25, 0.3) is 6.08 Å². The number of allylic oxidation sites excluding steroid dienone is 2. The van der Waals surface area contributed by atoms with Gasteiger partial charge in [0.1, 0.15) is 18.3 Å². The Labute approximate surface area is 202 Å². The van der Waals surface area contributed by atoms with Crippen molar-refractivity contribution in [3.8, 4) is 0 Å². The molecule has 1 heterocycles. The lowest BCUT2D eigenvalue weighted by Crippen LogP contribution is -2.40. The molecule has 0 radical (unpaired) electrons. The molecule has 2 aliphatic carbocycles. The predicted molar refractivity (Wildman–Crippen MR) is 130 cm³/mol. The van der Waals surface area contributed by atoms with E-state index in [-0.39, 0.29) is 23.9 Å². The molecule has 34 heavy (non-hydrogen) atoms. The lowest BCUT2D eigenvalue weighted by atomic mass is 9.64. The third-order valence-corrected chi connectivity index (χ3v) is 7.07. The fourth-order valence-electron chi connectivity index (χ4n) is 5.33. The first-order valence-electron chi connectivity index (χ1n) is 12.2. The summed E-state index contributed by atoms with van der Waals surface area (Å²) in [6.45, 7) is 7.94. The quantitative estimate of drug-likeness (QED) is 0.393. The van der Waals surface area contributed by atoms with Crippen molar-refractivity contribution in [2.75, 3.05) is 0 Å². The molecule has 0 fully saturated rings. The average molecular weight is 471 g/mol. The van der Waals surface area contributed by atoms with Gasteiger partial charge in [0.25, 0.3) is 0 Å². The van der Waals surface area contributed by atoms with E-state index in [0.29, 0.717) is 36.8 Å². The largest absolute Gasteiger partial charge is 0.459 e. The fourth-order valence-corrected chi connectivity index (χ4v) is 5.33. The van der Waals surface area contributed by atoms with Crippen LogP contribution in [0, 0.1) is 23.7 Å². The van der Waals surface area contributed by atoms with Gasteiger partial charge in [-0.15, -0.1) is 0 Å². The molecule has 0 amide bonds. The van der Waals surface area contributed by atoms with Gasteiger partial charge in [-0.3, -0.25) is 4.79 Å². The van der Waals surface area contributed by atoms with E-state index in [2.05, 4.69) is 31.8 Å². The first-order valence-corrected chi connectivity index (χ1v) is 12.2. The average Bonchev–Trinajstić information content (AvgIpc) is 3.18. The molecule has 3 rings (SSSR count). The van der Waals surface area contributed by atoms with Gasteiger partial charge in [0.15, 0.2) is 0 Å². The van der Waals surface area contributed by atoms with E-state index in [0.717, 1.165) is 6.42 Å². The maximum Gasteiger partial charge on any atom is 0.331 e. The SMILES string of the molecule is CC(=O)O[C@H]1C[C@@H]2[C@@H](C(C)C)CC=C(C)[C@@H]2C[C@H](OC(=O)/C=C/c2cn(C)cn2)C/C=C\[C@H]1O. The summed E-state index contributed by atoms with van der Waals surface area (Å²) in [6, 6.07) is 0. The van der Waals surface area contributed by atoms with Crippen molar-refractivity contribution in [2.45, 2.75) is 71.7 Å². The Morgan fingerprint density at radius 2 is 2.00 bits per heavy atom. The minimum atomic E-state index is -0.901. The number of carbonyl (C=O) groups is 2. The summed E-state index contributed by atoms with van der Waals surface area (Å²) in [5.74, 6) is 0.419. The number of hydrogen-bond acceptors (Lipinski definition) is 6. The summed E-state index contributed by atoms with van der Waals surface area (Å²) in [5.41, 5.74) is 1.96. The number of ether oxygens (including phenoxy) is 2. The van der Waals surface area contributed by atoms with E-state index in [9.17, 15) is 14.7 Å². The number of hydrogen-bond donors (Lipinski definition) is 1. The second-order valence-electron chi connectivity index (χ2n) is 9.99. The molecule has 2 aliphatic rings. The first-order chi connectivity index (χ1) is 16.1. The Morgan fingerprint density at radius 3 is 2.65 bits per heavy atom. The van der Waals surface area contributed by atoms with Crippen LogP contribution >= 0.6 is 0 Å². The Hall–Kier alpha value is -2.67. The molecule has 0 unspecified atom stereocenters. The number of esters is 2. The summed E-state index contributed by atoms with van der Waals surface area (Å²) in [5, 5.41) is 10.8. The van der Waals surface area contributed by atoms with Gasteiger partial charge in [-0.25, -0.2) is 9.78 Å². The molecule has 0 aliphatic heterocycles. The highest BCUT2D eigenvalue weighted by molar-refractivity contribution is 5.86. The molecule has 186 valence electrons. The minimum Gasteiger partial charge on any atom is -0.459 e. The third kappa shape index (κ3) is 6.92. The van der Waals surface area contributed by atoms with Crippen molar-refractivity contribution < 1.29 is 24.2 Å². The summed E-state index contributed by atoms with van der Waals surface area (Å²) in [6.07, 6.45) is 13.2. The zero-order valence-corrected chi connectivity index (χ0v) is 20.9. The van der Waals surface area contributed by atoms with E-state index in [1.807, 2.05) is 23.9 Å². The number of aliphatic hydroxyl groups excluding tert-OH is 1. The van der Waals surface area contributed by atoms with Gasteiger partial charge in [0.05, 0.1) is 12.0 Å². The van der Waals surface area contributed by atoms with Gasteiger partial charge in [-0.1, -0.05) is 37.6 Å². The lowest BCUT2D eigenvalue weighted by molar-refractivity contribution is -0.153. The van der Waals surface area contributed by atoms with Crippen LogP contribution < -0.4 is 0 Å². The Kier molecular flexibility index (Phi) is 8.89. The number of aromatic nitrogens is 2. The number of nitrogens with zero attached hydrogens (tertiary/aromatic N) is 2. The normalized spacial score (nSPS) is 31.0. The minimum absolute atomic E-state index is 0.176. The topological polar surface area (TPSA) is 90.7 Å². The van der Waals surface area contributed by atoms with Crippen LogP contribution in [0.15, 0.2) is 42.4 Å². The summed E-state index contributed by atoms with van der Waals surface area (Å²) in [7, 11) is 1.87. The maximum atomic E-state index is 12.6. The van der Waals surface area contributed by atoms with Crippen molar-refractivity contribution >= 4 is 18.0 Å². The highest BCUT2D eigenvalue weighted by Crippen LogP contribution is 2.45. The molecule has 0 aromatic carbocycles. The van der Waals surface area contributed by atoms with E-state index in [1.165, 1.54) is 18.6 Å². The number of rotatable bonds is 5. The highest BCUT2D eigenvalue weighted by atomic mass is 16.6. The lowest BCUT2D eigenvalue weighted by Gasteiger charge is -2.43. The van der Waals surface area contributed by atoms with Crippen LogP contribution in [0.2, 0.25) is 0 Å². The number of aryl methyl sites for hydroxylation is 1. The molecule has 7 nitrogen and oxygen atoms in total. The van der Waals surface area contributed by atoms with Gasteiger partial charge >= 0.3 is 11.9 Å². The van der Waals surface area contributed by atoms with Crippen LogP contribution in [0.3, 0.4) is 0 Å². The molecule has 0 bridgehead atoms. The molecule has 0 saturated carbocycles. The second kappa shape index (κ2) is 11.6. The van der Waals surface area contributed by atoms with Gasteiger partial charge in [-0.05, 0) is 55.9 Å². The van der Waals surface area contributed by atoms with Crippen LogP contribution in [0.4, 0.5) is 0 Å². The van der Waals surface area contributed by atoms with E-state index >= 15 is 0 Å². The Balaban J connectivity index is 1.84. The first kappa shape index (κ1) is 25.9. The molecule has 1 aromatic rings. The van der Waals surface area contributed by atoms with Gasteiger partial charge < -0.3 is 19.1 Å². The third-order valence-electron chi connectivity index (χ3n) is 7.07. The van der Waals surface area contributed by atoms with Crippen molar-refractivity contribution in [1.82, 2.24) is 9.55 Å². The molecular weight excluding hydrogens is 432 g/mol. The summed E-state index contributed by atoms with van der Waals surface area (Å²) < 4.78 is 13.2. The molecule has 6 atom stereocenters. The monoisotopic (exact) mass is 470 g/mol. The highest BCUT2D eigenvalue weighted by Gasteiger charge is 2.40. The van der Waals surface area contributed by atoms with Crippen LogP contribution in [0.5, 0.6) is 0 Å². The maximum absolute atomic E-state index is 12.6. The number of fused-ring (bicyclic) bond motifs is 1. The number of aliphatic hydroxyl groups is 1. The second-order valence-corrected chi connectivity index (χ2v) is 9.99.